The maximum absolute atomic E-state index is 14.7. The molecular formula is C25H20FN3O2S. The molecule has 7 heteroatoms. The lowest BCUT2D eigenvalue weighted by molar-refractivity contribution is 0.0919. The van der Waals surface area contributed by atoms with Gasteiger partial charge in [-0.25, -0.2) is 9.37 Å². The van der Waals surface area contributed by atoms with Crippen molar-refractivity contribution >= 4 is 33.2 Å². The van der Waals surface area contributed by atoms with Crippen molar-refractivity contribution in [3.63, 3.8) is 0 Å². The normalized spacial score (nSPS) is 13.5. The molecule has 1 N–H and O–H groups in total. The molecule has 0 unspecified atom stereocenters. The highest BCUT2D eigenvalue weighted by Crippen LogP contribution is 2.33. The van der Waals surface area contributed by atoms with Crippen LogP contribution in [-0.2, 0) is 0 Å². The van der Waals surface area contributed by atoms with Crippen molar-refractivity contribution in [3.8, 4) is 16.3 Å². The van der Waals surface area contributed by atoms with Crippen molar-refractivity contribution in [2.45, 2.75) is 6.42 Å². The van der Waals surface area contributed by atoms with Gasteiger partial charge in [0.1, 0.15) is 10.8 Å². The first-order chi connectivity index (χ1) is 15.7. The van der Waals surface area contributed by atoms with Gasteiger partial charge in [-0.15, -0.1) is 11.3 Å². The van der Waals surface area contributed by atoms with Crippen LogP contribution in [0, 0.1) is 5.82 Å². The highest BCUT2D eigenvalue weighted by atomic mass is 32.1. The number of Topliss-reactive ketones (excluding diaryl/α,β-unsaturated/α-hetero) is 1. The van der Waals surface area contributed by atoms with E-state index in [-0.39, 0.29) is 18.1 Å². The Labute approximate surface area is 188 Å². The number of amidine groups is 1. The molecule has 0 saturated carbocycles. The second-order valence-electron chi connectivity index (χ2n) is 7.44. The minimum atomic E-state index is -0.524. The minimum absolute atomic E-state index is 0.0443. The zero-order valence-electron chi connectivity index (χ0n) is 17.2. The van der Waals surface area contributed by atoms with Crippen molar-refractivity contribution in [1.82, 2.24) is 10.3 Å². The third kappa shape index (κ3) is 4.24. The molecule has 0 bridgehead atoms. The second-order valence-corrected chi connectivity index (χ2v) is 8.47. The standard InChI is InChI=1S/C25H20FN3O2S/c26-19-13-18(8-10-22(19)31-15-21(30)16-5-2-1-3-6-16)25-29-20-9-7-17(14-23(20)32-25)24-27-11-4-12-28-24/h1-3,5-10,13-14H,4,11-12,15H2,(H,27,28). The van der Waals surface area contributed by atoms with E-state index < -0.39 is 5.82 Å². The van der Waals surface area contributed by atoms with Crippen LogP contribution in [0.4, 0.5) is 4.39 Å². The van der Waals surface area contributed by atoms with E-state index in [9.17, 15) is 9.18 Å². The number of rotatable bonds is 6. The molecule has 1 aliphatic heterocycles. The summed E-state index contributed by atoms with van der Waals surface area (Å²) in [6.07, 6.45) is 1.04. The first-order valence-corrected chi connectivity index (χ1v) is 11.2. The van der Waals surface area contributed by atoms with Crippen LogP contribution in [0.25, 0.3) is 20.8 Å². The first-order valence-electron chi connectivity index (χ1n) is 10.4. The van der Waals surface area contributed by atoms with E-state index in [1.807, 2.05) is 18.2 Å². The average molecular weight is 446 g/mol. The highest BCUT2D eigenvalue weighted by Gasteiger charge is 2.14. The Morgan fingerprint density at radius 3 is 2.69 bits per heavy atom. The summed E-state index contributed by atoms with van der Waals surface area (Å²) in [5, 5.41) is 4.05. The van der Waals surface area contributed by atoms with E-state index in [0.29, 0.717) is 11.1 Å². The van der Waals surface area contributed by atoms with Crippen molar-refractivity contribution in [2.24, 2.45) is 4.99 Å². The van der Waals surface area contributed by atoms with Crippen LogP contribution in [0.3, 0.4) is 0 Å². The van der Waals surface area contributed by atoms with Crippen LogP contribution in [-0.4, -0.2) is 36.3 Å². The topological polar surface area (TPSA) is 63.6 Å². The predicted octanol–water partition coefficient (Wildman–Crippen LogP) is 5.10. The van der Waals surface area contributed by atoms with E-state index in [4.69, 9.17) is 4.74 Å². The first kappa shape index (κ1) is 20.3. The molecule has 1 aliphatic rings. The van der Waals surface area contributed by atoms with Gasteiger partial charge in [0.05, 0.1) is 10.2 Å². The summed E-state index contributed by atoms with van der Waals surface area (Å²) < 4.78 is 21.1. The fourth-order valence-electron chi connectivity index (χ4n) is 3.52. The van der Waals surface area contributed by atoms with Gasteiger partial charge in [-0.05, 0) is 42.8 Å². The quantitative estimate of drug-likeness (QED) is 0.419. The van der Waals surface area contributed by atoms with Gasteiger partial charge in [0.15, 0.2) is 24.0 Å². The fraction of sp³-hybridized carbons (Fsp3) is 0.160. The number of aromatic nitrogens is 1. The number of carbonyl (C=O) groups excluding carboxylic acids is 1. The summed E-state index contributed by atoms with van der Waals surface area (Å²) >= 11 is 1.50. The van der Waals surface area contributed by atoms with E-state index in [0.717, 1.165) is 46.1 Å². The summed E-state index contributed by atoms with van der Waals surface area (Å²) in [5.41, 5.74) is 3.10. The number of ether oxygens (including phenoxy) is 1. The van der Waals surface area contributed by atoms with E-state index in [1.54, 1.807) is 36.4 Å². The molecule has 0 atom stereocenters. The van der Waals surface area contributed by atoms with Gasteiger partial charge in [0.25, 0.3) is 0 Å². The molecule has 2 heterocycles. The number of halogens is 1. The van der Waals surface area contributed by atoms with Crippen LogP contribution in [0.5, 0.6) is 5.75 Å². The van der Waals surface area contributed by atoms with Gasteiger partial charge >= 0.3 is 0 Å². The molecule has 0 fully saturated rings. The Morgan fingerprint density at radius 1 is 1.06 bits per heavy atom. The van der Waals surface area contributed by atoms with Crippen LogP contribution < -0.4 is 10.1 Å². The van der Waals surface area contributed by atoms with Crippen molar-refractivity contribution in [3.05, 3.63) is 83.7 Å². The molecule has 32 heavy (non-hydrogen) atoms. The second kappa shape index (κ2) is 8.88. The zero-order valence-corrected chi connectivity index (χ0v) is 18.0. The van der Waals surface area contributed by atoms with E-state index >= 15 is 0 Å². The van der Waals surface area contributed by atoms with Crippen LogP contribution in [0.1, 0.15) is 22.3 Å². The zero-order chi connectivity index (χ0) is 21.9. The van der Waals surface area contributed by atoms with Crippen molar-refractivity contribution in [2.75, 3.05) is 19.7 Å². The number of thiazole rings is 1. The highest BCUT2D eigenvalue weighted by molar-refractivity contribution is 7.21. The van der Waals surface area contributed by atoms with Crippen molar-refractivity contribution in [1.29, 1.82) is 0 Å². The lowest BCUT2D eigenvalue weighted by Gasteiger charge is -2.14. The Balaban J connectivity index is 1.34. The SMILES string of the molecule is O=C(COc1ccc(-c2nc3ccc(C4=NCCCN4)cc3s2)cc1F)c1ccccc1. The summed E-state index contributed by atoms with van der Waals surface area (Å²) in [4.78, 5) is 21.4. The predicted molar refractivity (Wildman–Crippen MR) is 125 cm³/mol. The molecule has 1 aromatic heterocycles. The number of hydrogen-bond acceptors (Lipinski definition) is 6. The Kier molecular flexibility index (Phi) is 5.64. The molecule has 5 rings (SSSR count). The molecule has 0 amide bonds. The average Bonchev–Trinajstić information content (AvgIpc) is 3.27. The van der Waals surface area contributed by atoms with Crippen LogP contribution in [0.15, 0.2) is 71.7 Å². The Bertz CT molecular complexity index is 1320. The lowest BCUT2D eigenvalue weighted by atomic mass is 10.1. The molecule has 5 nitrogen and oxygen atoms in total. The van der Waals surface area contributed by atoms with E-state index in [1.165, 1.54) is 17.4 Å². The van der Waals surface area contributed by atoms with Gasteiger partial charge in [0, 0.05) is 29.8 Å². The number of nitrogens with zero attached hydrogens (tertiary/aromatic N) is 2. The maximum Gasteiger partial charge on any atom is 0.200 e. The van der Waals surface area contributed by atoms with E-state index in [2.05, 4.69) is 21.4 Å². The number of benzene rings is 3. The third-order valence-corrected chi connectivity index (χ3v) is 6.26. The van der Waals surface area contributed by atoms with Crippen molar-refractivity contribution < 1.29 is 13.9 Å². The molecule has 3 aromatic carbocycles. The Hall–Kier alpha value is -3.58. The summed E-state index contributed by atoms with van der Waals surface area (Å²) in [5.74, 6) is 0.227. The third-order valence-electron chi connectivity index (χ3n) is 5.19. The largest absolute Gasteiger partial charge is 0.482 e. The van der Waals surface area contributed by atoms with Crippen LogP contribution >= 0.6 is 11.3 Å². The molecule has 0 radical (unpaired) electrons. The molecule has 0 spiro atoms. The molecular weight excluding hydrogens is 425 g/mol. The fourth-order valence-corrected chi connectivity index (χ4v) is 4.52. The number of nitrogens with one attached hydrogen (secondary N) is 1. The molecule has 0 saturated heterocycles. The van der Waals surface area contributed by atoms with Gasteiger partial charge in [-0.2, -0.15) is 0 Å². The lowest BCUT2D eigenvalue weighted by Crippen LogP contribution is -2.30. The summed E-state index contributed by atoms with van der Waals surface area (Å²) in [6.45, 7) is 1.54. The van der Waals surface area contributed by atoms with Gasteiger partial charge in [-0.1, -0.05) is 30.3 Å². The summed E-state index contributed by atoms with van der Waals surface area (Å²) in [7, 11) is 0. The monoisotopic (exact) mass is 445 g/mol. The minimum Gasteiger partial charge on any atom is -0.482 e. The smallest absolute Gasteiger partial charge is 0.200 e. The molecule has 4 aromatic rings. The molecule has 0 aliphatic carbocycles. The number of carbonyl (C=O) groups is 1. The van der Waals surface area contributed by atoms with Gasteiger partial charge in [0.2, 0.25) is 0 Å². The number of ketones is 1. The maximum atomic E-state index is 14.7. The van der Waals surface area contributed by atoms with Crippen LogP contribution in [0.2, 0.25) is 0 Å². The number of aliphatic imine (C=N–C) groups is 1. The Morgan fingerprint density at radius 2 is 1.91 bits per heavy atom. The number of hydrogen-bond donors (Lipinski definition) is 1. The van der Waals surface area contributed by atoms with Gasteiger partial charge in [-0.3, -0.25) is 9.79 Å². The molecule has 160 valence electrons. The summed E-state index contributed by atoms with van der Waals surface area (Å²) in [6, 6.07) is 19.5. The number of fused-ring (bicyclic) bond motifs is 1. The van der Waals surface area contributed by atoms with Gasteiger partial charge < -0.3 is 10.1 Å².